The minimum absolute atomic E-state index is 0.0608. The Hall–Kier alpha value is -1.75. The summed E-state index contributed by atoms with van der Waals surface area (Å²) in [6.07, 6.45) is 0.532. The Bertz CT molecular complexity index is 467. The number of hydrazone groups is 1. The van der Waals surface area contributed by atoms with Crippen LogP contribution >= 0.6 is 12.2 Å². The van der Waals surface area contributed by atoms with Gasteiger partial charge in [0.2, 0.25) is 5.78 Å². The van der Waals surface area contributed by atoms with E-state index in [-0.39, 0.29) is 10.9 Å². The van der Waals surface area contributed by atoms with Crippen LogP contribution in [-0.2, 0) is 6.42 Å². The molecule has 0 aromatic heterocycles. The number of rotatable bonds is 1. The summed E-state index contributed by atoms with van der Waals surface area (Å²) in [4.78, 5) is 11.8. The van der Waals surface area contributed by atoms with Gasteiger partial charge in [0.1, 0.15) is 5.71 Å². The highest BCUT2D eigenvalue weighted by molar-refractivity contribution is 7.80. The number of hydrogen-bond acceptors (Lipinski definition) is 3. The molecule has 0 radical (unpaired) electrons. The van der Waals surface area contributed by atoms with Crippen molar-refractivity contribution in [2.24, 2.45) is 10.8 Å². The number of ketones is 1. The van der Waals surface area contributed by atoms with E-state index in [2.05, 4.69) is 22.7 Å². The van der Waals surface area contributed by atoms with Crippen LogP contribution in [-0.4, -0.2) is 16.6 Å². The molecular weight excluding hydrogens is 210 g/mol. The number of nitrogens with two attached hydrogens (primary N) is 1. The molecule has 76 valence electrons. The third-order valence-corrected chi connectivity index (χ3v) is 2.27. The highest BCUT2D eigenvalue weighted by Gasteiger charge is 2.25. The minimum Gasteiger partial charge on any atom is -0.375 e. The number of fused-ring (bicyclic) bond motifs is 1. The molecule has 1 aliphatic carbocycles. The summed E-state index contributed by atoms with van der Waals surface area (Å²) in [6.45, 7) is 0. The molecule has 0 saturated heterocycles. The van der Waals surface area contributed by atoms with E-state index in [0.29, 0.717) is 17.7 Å². The molecule has 1 aromatic rings. The molecule has 0 bridgehead atoms. The van der Waals surface area contributed by atoms with Crippen molar-refractivity contribution in [2.75, 3.05) is 0 Å². The van der Waals surface area contributed by atoms with Crippen molar-refractivity contribution in [3.63, 3.8) is 0 Å². The van der Waals surface area contributed by atoms with Gasteiger partial charge in [0.05, 0.1) is 0 Å². The first-order valence-electron chi connectivity index (χ1n) is 4.43. The Morgan fingerprint density at radius 3 is 2.87 bits per heavy atom. The first kappa shape index (κ1) is 9.79. The SMILES string of the molecule is NC(=S)N/N=C1/Cc2ccccc2C1=O. The van der Waals surface area contributed by atoms with Crippen LogP contribution in [0.25, 0.3) is 0 Å². The summed E-state index contributed by atoms with van der Waals surface area (Å²) >= 11 is 4.60. The topological polar surface area (TPSA) is 67.5 Å². The summed E-state index contributed by atoms with van der Waals surface area (Å²) in [7, 11) is 0. The fourth-order valence-electron chi connectivity index (χ4n) is 1.52. The average molecular weight is 219 g/mol. The molecule has 1 aromatic carbocycles. The normalized spacial score (nSPS) is 16.5. The molecule has 0 fully saturated rings. The zero-order chi connectivity index (χ0) is 10.8. The molecule has 0 heterocycles. The number of carbonyl (C=O) groups is 1. The molecule has 1 aliphatic rings. The third-order valence-electron chi connectivity index (χ3n) is 2.18. The maximum absolute atomic E-state index is 11.8. The van der Waals surface area contributed by atoms with Crippen molar-refractivity contribution < 1.29 is 4.79 Å². The van der Waals surface area contributed by atoms with Gasteiger partial charge >= 0.3 is 0 Å². The number of benzene rings is 1. The van der Waals surface area contributed by atoms with Gasteiger partial charge in [-0.25, -0.2) is 0 Å². The van der Waals surface area contributed by atoms with Gasteiger partial charge in [-0.15, -0.1) is 0 Å². The summed E-state index contributed by atoms with van der Waals surface area (Å²) in [5, 5.41) is 3.93. The predicted octanol–water partition coefficient (Wildman–Crippen LogP) is 0.615. The van der Waals surface area contributed by atoms with Crippen LogP contribution in [0.2, 0.25) is 0 Å². The maximum atomic E-state index is 11.8. The molecule has 3 N–H and O–H groups in total. The quantitative estimate of drug-likeness (QED) is 0.536. The highest BCUT2D eigenvalue weighted by atomic mass is 32.1. The van der Waals surface area contributed by atoms with Crippen molar-refractivity contribution in [1.29, 1.82) is 0 Å². The second-order valence-electron chi connectivity index (χ2n) is 3.20. The van der Waals surface area contributed by atoms with Crippen molar-refractivity contribution in [3.05, 3.63) is 35.4 Å². The standard InChI is InChI=1S/C10H9N3OS/c11-10(15)13-12-8-5-6-3-1-2-4-7(6)9(8)14/h1-4H,5H2,(H3,11,13,15)/b12-8-. The van der Waals surface area contributed by atoms with Crippen LogP contribution in [0.15, 0.2) is 29.4 Å². The van der Waals surface area contributed by atoms with E-state index in [1.807, 2.05) is 18.2 Å². The Kier molecular flexibility index (Phi) is 2.47. The number of nitrogens with zero attached hydrogens (tertiary/aromatic N) is 1. The summed E-state index contributed by atoms with van der Waals surface area (Å²) in [6, 6.07) is 7.44. The van der Waals surface area contributed by atoms with Gasteiger partial charge in [-0.1, -0.05) is 24.3 Å². The van der Waals surface area contributed by atoms with Gasteiger partial charge in [-0.2, -0.15) is 5.10 Å². The second-order valence-corrected chi connectivity index (χ2v) is 3.64. The lowest BCUT2D eigenvalue weighted by Gasteiger charge is -1.96. The van der Waals surface area contributed by atoms with Gasteiger partial charge in [0.15, 0.2) is 5.11 Å². The van der Waals surface area contributed by atoms with Crippen LogP contribution in [0.5, 0.6) is 0 Å². The molecule has 4 nitrogen and oxygen atoms in total. The Morgan fingerprint density at radius 2 is 2.20 bits per heavy atom. The largest absolute Gasteiger partial charge is 0.375 e. The van der Waals surface area contributed by atoms with E-state index >= 15 is 0 Å². The molecule has 0 unspecified atom stereocenters. The van der Waals surface area contributed by atoms with E-state index in [1.165, 1.54) is 0 Å². The van der Waals surface area contributed by atoms with E-state index in [4.69, 9.17) is 5.73 Å². The van der Waals surface area contributed by atoms with Crippen LogP contribution in [0.3, 0.4) is 0 Å². The molecule has 0 aliphatic heterocycles. The van der Waals surface area contributed by atoms with E-state index < -0.39 is 0 Å². The van der Waals surface area contributed by atoms with Crippen LogP contribution in [0.1, 0.15) is 15.9 Å². The first-order valence-corrected chi connectivity index (χ1v) is 4.84. The number of hydrogen-bond donors (Lipinski definition) is 2. The summed E-state index contributed by atoms with van der Waals surface area (Å²) in [5.41, 5.74) is 9.80. The highest BCUT2D eigenvalue weighted by Crippen LogP contribution is 2.19. The smallest absolute Gasteiger partial charge is 0.209 e. The van der Waals surface area contributed by atoms with Crippen molar-refractivity contribution in [2.45, 2.75) is 6.42 Å². The fourth-order valence-corrected chi connectivity index (χ4v) is 1.57. The van der Waals surface area contributed by atoms with Crippen molar-refractivity contribution in [1.82, 2.24) is 5.43 Å². The molecule has 2 rings (SSSR count). The third kappa shape index (κ3) is 1.87. The monoisotopic (exact) mass is 219 g/mol. The summed E-state index contributed by atoms with van der Waals surface area (Å²) in [5.74, 6) is -0.0608. The lowest BCUT2D eigenvalue weighted by molar-refractivity contribution is 0.106. The number of thiocarbonyl (C=S) groups is 1. The number of nitrogens with one attached hydrogen (secondary N) is 1. The molecule has 0 spiro atoms. The number of Topliss-reactive ketones (excluding diaryl/α,β-unsaturated/α-hetero) is 1. The molecule has 0 saturated carbocycles. The van der Waals surface area contributed by atoms with Crippen molar-refractivity contribution >= 4 is 28.8 Å². The van der Waals surface area contributed by atoms with Gasteiger partial charge in [-0.05, 0) is 17.8 Å². The van der Waals surface area contributed by atoms with Crippen LogP contribution in [0, 0.1) is 0 Å². The lowest BCUT2D eigenvalue weighted by Crippen LogP contribution is -2.26. The van der Waals surface area contributed by atoms with Gasteiger partial charge in [-0.3, -0.25) is 10.2 Å². The van der Waals surface area contributed by atoms with Crippen molar-refractivity contribution in [3.8, 4) is 0 Å². The zero-order valence-electron chi connectivity index (χ0n) is 7.86. The first-order chi connectivity index (χ1) is 7.18. The lowest BCUT2D eigenvalue weighted by atomic mass is 10.1. The maximum Gasteiger partial charge on any atom is 0.209 e. The predicted molar refractivity (Wildman–Crippen MR) is 61.8 cm³/mol. The number of carbonyl (C=O) groups excluding carboxylic acids is 1. The van der Waals surface area contributed by atoms with E-state index in [1.54, 1.807) is 6.07 Å². The molecular formula is C10H9N3OS. The molecule has 0 amide bonds. The Morgan fingerprint density at radius 1 is 1.47 bits per heavy atom. The summed E-state index contributed by atoms with van der Waals surface area (Å²) < 4.78 is 0. The Balaban J connectivity index is 2.27. The van der Waals surface area contributed by atoms with Gasteiger partial charge in [0.25, 0.3) is 0 Å². The van der Waals surface area contributed by atoms with Crippen LogP contribution in [0.4, 0.5) is 0 Å². The van der Waals surface area contributed by atoms with E-state index in [0.717, 1.165) is 5.56 Å². The zero-order valence-corrected chi connectivity index (χ0v) is 8.67. The molecule has 15 heavy (non-hydrogen) atoms. The Labute approximate surface area is 92.2 Å². The van der Waals surface area contributed by atoms with E-state index in [9.17, 15) is 4.79 Å². The van der Waals surface area contributed by atoms with Gasteiger partial charge < -0.3 is 5.73 Å². The van der Waals surface area contributed by atoms with Gasteiger partial charge in [0, 0.05) is 12.0 Å². The molecule has 0 atom stereocenters. The molecule has 5 heteroatoms. The fraction of sp³-hybridized carbons (Fsp3) is 0.100. The van der Waals surface area contributed by atoms with Crippen LogP contribution < -0.4 is 11.2 Å². The second kappa shape index (κ2) is 3.78. The minimum atomic E-state index is -0.0608. The average Bonchev–Trinajstić information content (AvgIpc) is 2.54.